The number of hydrogen-bond acceptors (Lipinski definition) is 3. The number of fused-ring (bicyclic) bond motifs is 3. The molecule has 1 aromatic heterocycles. The number of hydrogen-bond donors (Lipinski definition) is 2. The van der Waals surface area contributed by atoms with E-state index in [1.807, 2.05) is 36.5 Å². The van der Waals surface area contributed by atoms with Crippen LogP contribution in [0.5, 0.6) is 0 Å². The topological polar surface area (TPSA) is 48.5 Å². The smallest absolute Gasteiger partial charge is 0.279 e. The molecule has 0 spiro atoms. The molecule has 2 aromatic carbocycles. The molecule has 1 aliphatic heterocycles. The van der Waals surface area contributed by atoms with E-state index in [0.29, 0.717) is 16.3 Å². The molecule has 116 valence electrons. The maximum absolute atomic E-state index is 11.3. The molecule has 4 nitrogen and oxygen atoms in total. The van der Waals surface area contributed by atoms with Crippen LogP contribution in [0, 0.1) is 0 Å². The summed E-state index contributed by atoms with van der Waals surface area (Å²) in [5.41, 5.74) is 0.0105. The number of nitrogens with one attached hydrogen (secondary N) is 1. The Kier molecular flexibility index (Phi) is 3.98. The van der Waals surface area contributed by atoms with Gasteiger partial charge >= 0.3 is 0 Å². The van der Waals surface area contributed by atoms with E-state index in [1.54, 1.807) is 28.9 Å². The summed E-state index contributed by atoms with van der Waals surface area (Å²) in [6.45, 7) is 0. The van der Waals surface area contributed by atoms with E-state index >= 15 is 0 Å². The van der Waals surface area contributed by atoms with Gasteiger partial charge in [-0.3, -0.25) is 0 Å². The van der Waals surface area contributed by atoms with Crippen molar-refractivity contribution in [1.82, 2.24) is 5.32 Å². The van der Waals surface area contributed by atoms with Crippen molar-refractivity contribution in [2.45, 2.75) is 5.72 Å². The fraction of sp³-hybridized carbons (Fsp3) is 0.0588. The van der Waals surface area contributed by atoms with E-state index in [9.17, 15) is 5.11 Å². The van der Waals surface area contributed by atoms with Crippen molar-refractivity contribution < 1.29 is 22.2 Å². The van der Waals surface area contributed by atoms with Gasteiger partial charge in [-0.1, -0.05) is 41.9 Å². The number of aliphatic hydroxyl groups is 1. The summed E-state index contributed by atoms with van der Waals surface area (Å²) in [6.07, 6.45) is 3.34. The Labute approximate surface area is 144 Å². The zero-order chi connectivity index (χ0) is 15.2. The molecule has 4 rings (SSSR count). The quantitative estimate of drug-likeness (QED) is 0.577. The first-order chi connectivity index (χ1) is 10.7. The van der Waals surface area contributed by atoms with Gasteiger partial charge in [0, 0.05) is 21.8 Å². The summed E-state index contributed by atoms with van der Waals surface area (Å²) in [7, 11) is 0. The highest BCUT2D eigenvalue weighted by Gasteiger charge is 2.43. The summed E-state index contributed by atoms with van der Waals surface area (Å²) in [5, 5.41) is 21.2. The highest BCUT2D eigenvalue weighted by Crippen LogP contribution is 2.31. The predicted molar refractivity (Wildman–Crippen MR) is 85.6 cm³/mol. The molecule has 0 amide bonds. The van der Waals surface area contributed by atoms with Crippen LogP contribution < -0.4 is 22.4 Å². The Balaban J connectivity index is 0.00000156. The average molecular weight is 346 g/mol. The largest absolute Gasteiger partial charge is 1.00 e. The van der Waals surface area contributed by atoms with Gasteiger partial charge < -0.3 is 22.8 Å². The van der Waals surface area contributed by atoms with Crippen molar-refractivity contribution in [3.05, 3.63) is 77.1 Å². The van der Waals surface area contributed by atoms with Crippen molar-refractivity contribution in [1.29, 1.82) is 0 Å². The molecule has 3 aromatic rings. The molecule has 2 heterocycles. The maximum Gasteiger partial charge on any atom is 0.279 e. The van der Waals surface area contributed by atoms with Crippen molar-refractivity contribution in [2.75, 3.05) is 0 Å². The third-order valence-corrected chi connectivity index (χ3v) is 4.15. The highest BCUT2D eigenvalue weighted by atomic mass is 35.5. The summed E-state index contributed by atoms with van der Waals surface area (Å²) in [4.78, 5) is 0. The zero-order valence-corrected chi connectivity index (χ0v) is 13.5. The summed E-state index contributed by atoms with van der Waals surface area (Å²) in [5.74, 6) is 0. The second kappa shape index (κ2) is 5.81. The summed E-state index contributed by atoms with van der Waals surface area (Å²) < 4.78 is 1.69. The minimum Gasteiger partial charge on any atom is -1.00 e. The van der Waals surface area contributed by atoms with Crippen LogP contribution in [0.2, 0.25) is 5.02 Å². The monoisotopic (exact) mass is 345 g/mol. The SMILES string of the molecule is OC1(c2ccc(Cl)cc2)NC=N[n+]2ccc3ccccc3c21.[Cl-]. The van der Waals surface area contributed by atoms with Crippen LogP contribution >= 0.6 is 11.6 Å². The van der Waals surface area contributed by atoms with E-state index in [4.69, 9.17) is 11.6 Å². The number of pyridine rings is 1. The fourth-order valence-electron chi connectivity index (χ4n) is 2.83. The predicted octanol–water partition coefficient (Wildman–Crippen LogP) is -0.627. The number of aromatic nitrogens is 1. The lowest BCUT2D eigenvalue weighted by atomic mass is 9.94. The van der Waals surface area contributed by atoms with Gasteiger partial charge in [-0.2, -0.15) is 0 Å². The fourth-order valence-corrected chi connectivity index (χ4v) is 2.95. The summed E-state index contributed by atoms with van der Waals surface area (Å²) in [6, 6.07) is 17.0. The minimum absolute atomic E-state index is 0. The molecule has 1 unspecified atom stereocenters. The Morgan fingerprint density at radius 3 is 2.57 bits per heavy atom. The van der Waals surface area contributed by atoms with Crippen LogP contribution in [-0.2, 0) is 5.72 Å². The summed E-state index contributed by atoms with van der Waals surface area (Å²) >= 11 is 5.96. The number of nitrogens with zero attached hydrogens (tertiary/aromatic N) is 2. The van der Waals surface area contributed by atoms with E-state index < -0.39 is 5.72 Å². The van der Waals surface area contributed by atoms with Crippen LogP contribution in [0.25, 0.3) is 10.8 Å². The van der Waals surface area contributed by atoms with E-state index in [2.05, 4.69) is 10.4 Å². The van der Waals surface area contributed by atoms with Gasteiger partial charge in [0.25, 0.3) is 11.4 Å². The lowest BCUT2D eigenvalue weighted by Crippen LogP contribution is -3.00. The second-order valence-electron chi connectivity index (χ2n) is 5.20. The third kappa shape index (κ3) is 2.45. The maximum atomic E-state index is 11.3. The number of halogens is 2. The molecule has 1 atom stereocenters. The molecular weight excluding hydrogens is 333 g/mol. The van der Waals surface area contributed by atoms with Gasteiger partial charge in [-0.15, -0.1) is 0 Å². The van der Waals surface area contributed by atoms with E-state index in [0.717, 1.165) is 10.8 Å². The highest BCUT2D eigenvalue weighted by molar-refractivity contribution is 6.30. The molecule has 0 radical (unpaired) electrons. The van der Waals surface area contributed by atoms with Crippen LogP contribution in [0.15, 0.2) is 65.9 Å². The number of benzene rings is 2. The molecule has 0 aliphatic carbocycles. The van der Waals surface area contributed by atoms with E-state index in [1.165, 1.54) is 6.34 Å². The van der Waals surface area contributed by atoms with Gasteiger partial charge in [-0.25, -0.2) is 0 Å². The Morgan fingerprint density at radius 1 is 1.04 bits per heavy atom. The Morgan fingerprint density at radius 2 is 1.78 bits per heavy atom. The zero-order valence-electron chi connectivity index (χ0n) is 11.9. The Bertz CT molecular complexity index is 896. The first-order valence-corrected chi connectivity index (χ1v) is 7.29. The van der Waals surface area contributed by atoms with Gasteiger partial charge in [0.1, 0.15) is 0 Å². The average Bonchev–Trinajstić information content (AvgIpc) is 2.55. The van der Waals surface area contributed by atoms with Gasteiger partial charge in [0.05, 0.1) is 5.39 Å². The first kappa shape index (κ1) is 15.7. The third-order valence-electron chi connectivity index (χ3n) is 3.90. The lowest BCUT2D eigenvalue weighted by molar-refractivity contribution is -0.693. The standard InChI is InChI=1S/C17H13ClN3O.ClH/c18-14-7-5-13(6-8-14)17(22)16-15-4-2-1-3-12(15)9-10-21(16)20-11-19-17;/h1-11,22H,(H,19,20);1H/q+1;/p-1. The van der Waals surface area contributed by atoms with Crippen molar-refractivity contribution in [3.63, 3.8) is 0 Å². The molecule has 0 saturated carbocycles. The van der Waals surface area contributed by atoms with E-state index in [-0.39, 0.29) is 12.4 Å². The van der Waals surface area contributed by atoms with Gasteiger partial charge in [0.15, 0.2) is 6.34 Å². The van der Waals surface area contributed by atoms with Crippen LogP contribution in [0.4, 0.5) is 0 Å². The molecule has 1 aliphatic rings. The van der Waals surface area contributed by atoms with Crippen molar-refractivity contribution in [2.24, 2.45) is 5.10 Å². The first-order valence-electron chi connectivity index (χ1n) is 6.91. The minimum atomic E-state index is -1.37. The molecular formula is C17H13Cl2N3O. The molecule has 0 fully saturated rings. The van der Waals surface area contributed by atoms with Crippen LogP contribution in [-0.4, -0.2) is 11.4 Å². The normalized spacial score (nSPS) is 18.9. The lowest BCUT2D eigenvalue weighted by Gasteiger charge is -2.28. The molecule has 23 heavy (non-hydrogen) atoms. The van der Waals surface area contributed by atoms with Crippen molar-refractivity contribution in [3.8, 4) is 0 Å². The second-order valence-corrected chi connectivity index (χ2v) is 5.64. The van der Waals surface area contributed by atoms with Crippen molar-refractivity contribution >= 4 is 28.7 Å². The number of rotatable bonds is 1. The van der Waals surface area contributed by atoms with Gasteiger partial charge in [-0.05, 0) is 28.3 Å². The molecule has 0 bridgehead atoms. The molecule has 0 saturated heterocycles. The van der Waals surface area contributed by atoms with Gasteiger partial charge in [0.2, 0.25) is 6.20 Å². The van der Waals surface area contributed by atoms with Crippen LogP contribution in [0.3, 0.4) is 0 Å². The molecule has 2 N–H and O–H groups in total. The van der Waals surface area contributed by atoms with Crippen LogP contribution in [0.1, 0.15) is 11.3 Å². The molecule has 6 heteroatoms. The Hall–Kier alpha value is -2.14.